The van der Waals surface area contributed by atoms with E-state index < -0.39 is 0 Å². The lowest BCUT2D eigenvalue weighted by Gasteiger charge is -2.03. The molecular formula is C9H8N4O. The summed E-state index contributed by atoms with van der Waals surface area (Å²) in [6, 6.07) is 7.06. The van der Waals surface area contributed by atoms with Gasteiger partial charge < -0.3 is 4.74 Å². The molecule has 0 aromatic heterocycles. The molecule has 0 heterocycles. The first-order valence-corrected chi connectivity index (χ1v) is 3.89. The maximum Gasteiger partial charge on any atom is 0.136 e. The second kappa shape index (κ2) is 4.75. The van der Waals surface area contributed by atoms with Gasteiger partial charge in [-0.1, -0.05) is 11.2 Å². The fourth-order valence-electron chi connectivity index (χ4n) is 1.04. The summed E-state index contributed by atoms with van der Waals surface area (Å²) in [6.45, 7) is 0.262. The molecule has 14 heavy (non-hydrogen) atoms. The van der Waals surface area contributed by atoms with E-state index in [0.29, 0.717) is 11.3 Å². The first-order chi connectivity index (χ1) is 6.81. The summed E-state index contributed by atoms with van der Waals surface area (Å²) < 4.78 is 5.00. The van der Waals surface area contributed by atoms with E-state index in [0.717, 1.165) is 5.56 Å². The predicted molar refractivity (Wildman–Crippen MR) is 50.6 cm³/mol. The summed E-state index contributed by atoms with van der Waals surface area (Å²) in [5.41, 5.74) is 9.42. The smallest absolute Gasteiger partial charge is 0.136 e. The molecule has 0 aliphatic rings. The number of azide groups is 1. The van der Waals surface area contributed by atoms with Crippen LogP contribution in [-0.4, -0.2) is 7.11 Å². The molecule has 1 aromatic carbocycles. The predicted octanol–water partition coefficient (Wildman–Crippen LogP) is 2.38. The minimum Gasteiger partial charge on any atom is -0.495 e. The first kappa shape index (κ1) is 9.90. The van der Waals surface area contributed by atoms with E-state index in [9.17, 15) is 0 Å². The number of hydrogen-bond acceptors (Lipinski definition) is 3. The topological polar surface area (TPSA) is 81.8 Å². The van der Waals surface area contributed by atoms with Crippen LogP contribution in [-0.2, 0) is 6.54 Å². The van der Waals surface area contributed by atoms with Gasteiger partial charge >= 0.3 is 0 Å². The molecule has 0 amide bonds. The van der Waals surface area contributed by atoms with Gasteiger partial charge in [-0.3, -0.25) is 0 Å². The van der Waals surface area contributed by atoms with Gasteiger partial charge in [0.15, 0.2) is 0 Å². The molecule has 0 saturated carbocycles. The van der Waals surface area contributed by atoms with Crippen molar-refractivity contribution < 1.29 is 4.74 Å². The van der Waals surface area contributed by atoms with Crippen LogP contribution in [0.25, 0.3) is 10.4 Å². The zero-order chi connectivity index (χ0) is 10.4. The van der Waals surface area contributed by atoms with Crippen molar-refractivity contribution in [3.63, 3.8) is 0 Å². The number of methoxy groups -OCH3 is 1. The summed E-state index contributed by atoms with van der Waals surface area (Å²) in [7, 11) is 1.49. The summed E-state index contributed by atoms with van der Waals surface area (Å²) >= 11 is 0. The van der Waals surface area contributed by atoms with Gasteiger partial charge in [0.25, 0.3) is 0 Å². The second-order valence-electron chi connectivity index (χ2n) is 2.54. The van der Waals surface area contributed by atoms with Crippen LogP contribution in [0.4, 0.5) is 0 Å². The van der Waals surface area contributed by atoms with Gasteiger partial charge in [0.2, 0.25) is 0 Å². The molecule has 0 saturated heterocycles. The Morgan fingerprint density at radius 1 is 1.64 bits per heavy atom. The molecule has 0 bridgehead atoms. The minimum absolute atomic E-state index is 0.262. The lowest BCUT2D eigenvalue weighted by Crippen LogP contribution is -1.90. The standard InChI is InChI=1S/C9H8N4O/c1-14-9-4-7(6-12-13-11)2-3-8(9)5-10/h2-4H,6H2,1H3. The quantitative estimate of drug-likeness (QED) is 0.414. The molecule has 0 unspecified atom stereocenters. The van der Waals surface area contributed by atoms with E-state index in [1.54, 1.807) is 18.2 Å². The molecule has 1 rings (SSSR count). The average molecular weight is 188 g/mol. The maximum atomic E-state index is 8.70. The van der Waals surface area contributed by atoms with Crippen molar-refractivity contribution in [2.75, 3.05) is 7.11 Å². The molecule has 0 N–H and O–H groups in total. The minimum atomic E-state index is 0.262. The van der Waals surface area contributed by atoms with Crippen molar-refractivity contribution in [1.29, 1.82) is 5.26 Å². The van der Waals surface area contributed by atoms with Crippen LogP contribution in [0.15, 0.2) is 23.3 Å². The third-order valence-electron chi connectivity index (χ3n) is 1.70. The first-order valence-electron chi connectivity index (χ1n) is 3.89. The molecule has 0 aliphatic heterocycles. The Morgan fingerprint density at radius 2 is 2.43 bits per heavy atom. The van der Waals surface area contributed by atoms with Crippen LogP contribution in [0.3, 0.4) is 0 Å². The third-order valence-corrected chi connectivity index (χ3v) is 1.70. The molecule has 0 atom stereocenters. The summed E-state index contributed by atoms with van der Waals surface area (Å²) in [5.74, 6) is 0.498. The SMILES string of the molecule is COc1cc(CN=[N+]=[N-])ccc1C#N. The maximum absolute atomic E-state index is 8.70. The molecule has 0 radical (unpaired) electrons. The lowest BCUT2D eigenvalue weighted by molar-refractivity contribution is 0.413. The molecule has 70 valence electrons. The number of benzene rings is 1. The van der Waals surface area contributed by atoms with E-state index in [1.165, 1.54) is 7.11 Å². The number of nitriles is 1. The van der Waals surface area contributed by atoms with E-state index in [4.69, 9.17) is 15.5 Å². The Hall–Kier alpha value is -2.18. The van der Waals surface area contributed by atoms with E-state index in [2.05, 4.69) is 10.0 Å². The molecule has 5 heteroatoms. The second-order valence-corrected chi connectivity index (χ2v) is 2.54. The van der Waals surface area contributed by atoms with Crippen molar-refractivity contribution in [2.24, 2.45) is 5.11 Å². The van der Waals surface area contributed by atoms with Crippen LogP contribution in [0, 0.1) is 11.3 Å². The average Bonchev–Trinajstić information content (AvgIpc) is 2.25. The summed E-state index contributed by atoms with van der Waals surface area (Å²) in [4.78, 5) is 2.65. The molecule has 0 spiro atoms. The van der Waals surface area contributed by atoms with Crippen molar-refractivity contribution >= 4 is 0 Å². The number of nitrogens with zero attached hydrogens (tertiary/aromatic N) is 4. The monoisotopic (exact) mass is 188 g/mol. The highest BCUT2D eigenvalue weighted by molar-refractivity contribution is 5.45. The van der Waals surface area contributed by atoms with Crippen molar-refractivity contribution in [3.8, 4) is 11.8 Å². The van der Waals surface area contributed by atoms with Crippen molar-refractivity contribution in [2.45, 2.75) is 6.54 Å². The number of hydrogen-bond donors (Lipinski definition) is 0. The molecular weight excluding hydrogens is 180 g/mol. The summed E-state index contributed by atoms with van der Waals surface area (Å²) in [5, 5.41) is 12.1. The molecule has 5 nitrogen and oxygen atoms in total. The van der Waals surface area contributed by atoms with Gasteiger partial charge in [-0.15, -0.1) is 0 Å². The molecule has 0 fully saturated rings. The number of ether oxygens (including phenoxy) is 1. The summed E-state index contributed by atoms with van der Waals surface area (Å²) in [6.07, 6.45) is 0. The third kappa shape index (κ3) is 2.16. The van der Waals surface area contributed by atoms with Crippen LogP contribution >= 0.6 is 0 Å². The largest absolute Gasteiger partial charge is 0.495 e. The van der Waals surface area contributed by atoms with Gasteiger partial charge in [-0.2, -0.15) is 5.26 Å². The van der Waals surface area contributed by atoms with Crippen LogP contribution < -0.4 is 4.74 Å². The lowest BCUT2D eigenvalue weighted by atomic mass is 10.1. The molecule has 0 aliphatic carbocycles. The van der Waals surface area contributed by atoms with E-state index in [-0.39, 0.29) is 6.54 Å². The van der Waals surface area contributed by atoms with Gasteiger partial charge in [-0.25, -0.2) is 0 Å². The van der Waals surface area contributed by atoms with Crippen LogP contribution in [0.5, 0.6) is 5.75 Å². The zero-order valence-corrected chi connectivity index (χ0v) is 7.64. The van der Waals surface area contributed by atoms with Gasteiger partial charge in [-0.05, 0) is 23.2 Å². The normalized spacial score (nSPS) is 8.57. The molecule has 1 aromatic rings. The highest BCUT2D eigenvalue weighted by Crippen LogP contribution is 2.19. The highest BCUT2D eigenvalue weighted by atomic mass is 16.5. The fourth-order valence-corrected chi connectivity index (χ4v) is 1.04. The Morgan fingerprint density at radius 3 is 3.00 bits per heavy atom. The zero-order valence-electron chi connectivity index (χ0n) is 7.64. The Bertz CT molecular complexity index is 415. The van der Waals surface area contributed by atoms with Gasteiger partial charge in [0.1, 0.15) is 11.8 Å². The van der Waals surface area contributed by atoms with Crippen molar-refractivity contribution in [3.05, 3.63) is 39.8 Å². The highest BCUT2D eigenvalue weighted by Gasteiger charge is 2.02. The Kier molecular flexibility index (Phi) is 3.36. The van der Waals surface area contributed by atoms with Gasteiger partial charge in [0, 0.05) is 4.91 Å². The Labute approximate surface area is 81.2 Å². The van der Waals surface area contributed by atoms with Crippen LogP contribution in [0.2, 0.25) is 0 Å². The van der Waals surface area contributed by atoms with E-state index in [1.807, 2.05) is 6.07 Å². The van der Waals surface area contributed by atoms with Crippen LogP contribution in [0.1, 0.15) is 11.1 Å². The number of rotatable bonds is 3. The van der Waals surface area contributed by atoms with Crippen molar-refractivity contribution in [1.82, 2.24) is 0 Å². The Balaban J connectivity index is 3.02. The fraction of sp³-hybridized carbons (Fsp3) is 0.222. The van der Waals surface area contributed by atoms with E-state index >= 15 is 0 Å². The van der Waals surface area contributed by atoms with Gasteiger partial charge in [0.05, 0.1) is 19.2 Å².